The second-order valence-corrected chi connectivity index (χ2v) is 9.94. The van der Waals surface area contributed by atoms with Gasteiger partial charge in [0.05, 0.1) is 36.8 Å². The summed E-state index contributed by atoms with van der Waals surface area (Å²) in [6.07, 6.45) is -5.18. The zero-order chi connectivity index (χ0) is 26.7. The average Bonchev–Trinajstić information content (AvgIpc) is 2.85. The van der Waals surface area contributed by atoms with Gasteiger partial charge in [-0.2, -0.15) is 0 Å². The van der Waals surface area contributed by atoms with E-state index in [1.165, 1.54) is 0 Å². The van der Waals surface area contributed by atoms with Gasteiger partial charge >= 0.3 is 0 Å². The summed E-state index contributed by atoms with van der Waals surface area (Å²) in [6, 6.07) is 7.04. The first kappa shape index (κ1) is 27.9. The number of aliphatic hydroxyl groups is 3. The third-order valence-corrected chi connectivity index (χ3v) is 7.37. The van der Waals surface area contributed by atoms with Gasteiger partial charge < -0.3 is 50.8 Å². The Hall–Kier alpha value is -2.16. The number of aliphatic hydroxyl groups excluding tert-OH is 2. The van der Waals surface area contributed by atoms with Crippen LogP contribution in [0.2, 0.25) is 0 Å². The molecule has 2 saturated heterocycles. The van der Waals surface area contributed by atoms with Crippen molar-refractivity contribution >= 4 is 11.8 Å². The molecule has 1 saturated carbocycles. The van der Waals surface area contributed by atoms with Crippen LogP contribution < -0.4 is 21.3 Å². The lowest BCUT2D eigenvalue weighted by Gasteiger charge is -2.58. The van der Waals surface area contributed by atoms with Gasteiger partial charge in [-0.15, -0.1) is 0 Å². The normalized spacial score (nSPS) is 39.2. The highest BCUT2D eigenvalue weighted by atomic mass is 16.8. The zero-order valence-electron chi connectivity index (χ0n) is 21.3. The van der Waals surface area contributed by atoms with Crippen LogP contribution in [0.4, 0.5) is 0 Å². The van der Waals surface area contributed by atoms with Crippen molar-refractivity contribution in [2.24, 2.45) is 0 Å². The number of fused-ring (bicyclic) bond motifs is 2. The van der Waals surface area contributed by atoms with Crippen molar-refractivity contribution in [3.05, 3.63) is 35.9 Å². The molecule has 0 radical (unpaired) electrons. The van der Waals surface area contributed by atoms with Crippen LogP contribution in [0.5, 0.6) is 0 Å². The van der Waals surface area contributed by atoms with E-state index in [-0.39, 0.29) is 43.7 Å². The number of nitrogens with one attached hydrogen (secondary N) is 4. The Morgan fingerprint density at radius 2 is 1.70 bits per heavy atom. The first-order valence-corrected chi connectivity index (χ1v) is 12.7. The van der Waals surface area contributed by atoms with E-state index in [2.05, 4.69) is 21.3 Å². The minimum atomic E-state index is -2.05. The summed E-state index contributed by atoms with van der Waals surface area (Å²) in [7, 11) is 3.26. The maximum Gasteiger partial charge on any atom is 0.239 e. The second kappa shape index (κ2) is 11.7. The number of carbonyl (C=O) groups excluding carboxylic acids is 2. The molecule has 2 aliphatic heterocycles. The summed E-state index contributed by atoms with van der Waals surface area (Å²) < 4.78 is 17.9. The van der Waals surface area contributed by atoms with Crippen molar-refractivity contribution in [2.45, 2.75) is 86.9 Å². The molecule has 0 aromatic heterocycles. The van der Waals surface area contributed by atoms with E-state index in [0.29, 0.717) is 0 Å². The average molecular weight is 523 g/mol. The number of likely N-dealkylation sites (N-methyl/N-ethyl adjacent to an activating group) is 2. The van der Waals surface area contributed by atoms with Gasteiger partial charge in [0.15, 0.2) is 0 Å². The van der Waals surface area contributed by atoms with Crippen LogP contribution in [-0.4, -0.2) is 108 Å². The topological polar surface area (TPSA) is 171 Å². The van der Waals surface area contributed by atoms with Crippen molar-refractivity contribution in [1.29, 1.82) is 0 Å². The van der Waals surface area contributed by atoms with Crippen LogP contribution >= 0.6 is 0 Å². The van der Waals surface area contributed by atoms with Crippen LogP contribution in [-0.2, 0) is 30.2 Å². The molecule has 12 heteroatoms. The molecule has 1 aromatic rings. The van der Waals surface area contributed by atoms with Crippen LogP contribution in [0.25, 0.3) is 0 Å². The summed E-state index contributed by atoms with van der Waals surface area (Å²) in [5.74, 6) is -2.64. The summed E-state index contributed by atoms with van der Waals surface area (Å²) in [5.41, 5.74) is 0.875. The lowest BCUT2D eigenvalue weighted by Crippen LogP contribution is -2.79. The van der Waals surface area contributed by atoms with Crippen LogP contribution in [0, 0.1) is 0 Å². The molecule has 3 unspecified atom stereocenters. The van der Waals surface area contributed by atoms with E-state index >= 15 is 0 Å². The van der Waals surface area contributed by atoms with Crippen LogP contribution in [0.15, 0.2) is 30.3 Å². The number of amides is 2. The molecule has 12 nitrogen and oxygen atoms in total. The summed E-state index contributed by atoms with van der Waals surface area (Å²) >= 11 is 0. The number of ether oxygens (including phenoxy) is 3. The van der Waals surface area contributed by atoms with Gasteiger partial charge in [0, 0.05) is 13.0 Å². The highest BCUT2D eigenvalue weighted by Crippen LogP contribution is 2.41. The van der Waals surface area contributed by atoms with Crippen molar-refractivity contribution in [3.8, 4) is 0 Å². The molecule has 3 fully saturated rings. The summed E-state index contributed by atoms with van der Waals surface area (Å²) in [5, 5.41) is 44.6. The Balaban J connectivity index is 1.39. The van der Waals surface area contributed by atoms with Crippen molar-refractivity contribution in [2.75, 3.05) is 20.6 Å². The maximum atomic E-state index is 12.8. The van der Waals surface area contributed by atoms with E-state index in [0.717, 1.165) is 5.56 Å². The van der Waals surface area contributed by atoms with E-state index < -0.39 is 54.6 Å². The fourth-order valence-electron chi connectivity index (χ4n) is 5.44. The third kappa shape index (κ3) is 5.81. The molecule has 206 valence electrons. The molecule has 1 aliphatic carbocycles. The molecule has 1 aromatic carbocycles. The smallest absolute Gasteiger partial charge is 0.239 e. The lowest BCUT2D eigenvalue weighted by atomic mass is 9.79. The summed E-state index contributed by atoms with van der Waals surface area (Å²) in [4.78, 5) is 24.9. The molecule has 37 heavy (non-hydrogen) atoms. The zero-order valence-corrected chi connectivity index (χ0v) is 21.3. The second-order valence-electron chi connectivity index (χ2n) is 9.94. The van der Waals surface area contributed by atoms with Gasteiger partial charge in [-0.05, 0) is 33.0 Å². The Morgan fingerprint density at radius 3 is 2.38 bits per heavy atom. The van der Waals surface area contributed by atoms with Gasteiger partial charge in [0.2, 0.25) is 23.9 Å². The Bertz CT molecular complexity index is 939. The highest BCUT2D eigenvalue weighted by molar-refractivity contribution is 5.80. The Morgan fingerprint density at radius 1 is 1.00 bits per heavy atom. The van der Waals surface area contributed by atoms with Gasteiger partial charge in [-0.3, -0.25) is 9.59 Å². The minimum absolute atomic E-state index is 0.000341. The number of benzene rings is 1. The van der Waals surface area contributed by atoms with E-state index in [9.17, 15) is 24.9 Å². The first-order chi connectivity index (χ1) is 17.7. The number of hydrogen-bond acceptors (Lipinski definition) is 10. The first-order valence-electron chi connectivity index (χ1n) is 12.7. The van der Waals surface area contributed by atoms with Crippen molar-refractivity contribution in [3.63, 3.8) is 0 Å². The molecule has 0 spiro atoms. The van der Waals surface area contributed by atoms with Gasteiger partial charge in [-0.1, -0.05) is 30.3 Å². The molecule has 7 N–H and O–H groups in total. The van der Waals surface area contributed by atoms with E-state index in [4.69, 9.17) is 14.2 Å². The van der Waals surface area contributed by atoms with Crippen molar-refractivity contribution in [1.82, 2.24) is 21.3 Å². The van der Waals surface area contributed by atoms with Crippen LogP contribution in [0.3, 0.4) is 0 Å². The molecule has 4 rings (SSSR count). The van der Waals surface area contributed by atoms with E-state index in [1.807, 2.05) is 30.3 Å². The molecule has 2 amide bonds. The Kier molecular flexibility index (Phi) is 8.81. The molecule has 0 bridgehead atoms. The molecule has 2 heterocycles. The van der Waals surface area contributed by atoms with Gasteiger partial charge in [0.1, 0.15) is 18.3 Å². The predicted octanol–water partition coefficient (Wildman–Crippen LogP) is -2.26. The third-order valence-electron chi connectivity index (χ3n) is 7.37. The van der Waals surface area contributed by atoms with Crippen LogP contribution in [0.1, 0.15) is 25.3 Å². The fourth-order valence-corrected chi connectivity index (χ4v) is 5.44. The monoisotopic (exact) mass is 522 g/mol. The predicted molar refractivity (Wildman–Crippen MR) is 131 cm³/mol. The minimum Gasteiger partial charge on any atom is -0.390 e. The molecule has 10 atom stereocenters. The SMILES string of the molecule is CN[C@@H]1[C@H](O)[C@H](NC)C2O[C@]3(O)C(OC2[C@H]1O)O[C@H](C)C[C@H]3NC(=O)CCNC(=O)Cc1ccccc1. The fraction of sp³-hybridized carbons (Fsp3) is 0.680. The lowest BCUT2D eigenvalue weighted by molar-refractivity contribution is -0.449. The van der Waals surface area contributed by atoms with Gasteiger partial charge in [0.25, 0.3) is 0 Å². The molecular formula is C25H38N4O8. The standard InChI is InChI=1S/C25H38N4O8/c1-13-11-15(29-16(30)9-10-28-17(31)12-14-7-5-4-6-8-14)25(34)24(35-13)36-23-21(33)18(26-2)20(32)19(27-3)22(23)37-25/h4-8,13,15,18-24,26-27,32-34H,9-12H2,1-3H3,(H,28,31)(H,29,30)/t13-,15-,18-,19+,20+,21+,22?,23?,24?,25+/m1/s1. The van der Waals surface area contributed by atoms with Gasteiger partial charge in [-0.25, -0.2) is 0 Å². The number of hydrogen-bond donors (Lipinski definition) is 7. The number of carbonyl (C=O) groups is 2. The largest absolute Gasteiger partial charge is 0.390 e. The Labute approximate surface area is 216 Å². The molecule has 3 aliphatic rings. The highest BCUT2D eigenvalue weighted by Gasteiger charge is 2.63. The number of rotatable bonds is 8. The molecular weight excluding hydrogens is 484 g/mol. The van der Waals surface area contributed by atoms with Crippen molar-refractivity contribution < 1.29 is 39.1 Å². The maximum absolute atomic E-state index is 12.8. The quantitative estimate of drug-likeness (QED) is 0.198. The summed E-state index contributed by atoms with van der Waals surface area (Å²) in [6.45, 7) is 1.91. The van der Waals surface area contributed by atoms with E-state index in [1.54, 1.807) is 21.0 Å².